The first-order valence-electron chi connectivity index (χ1n) is 8.43. The molecule has 1 saturated heterocycles. The van der Waals surface area contributed by atoms with Gasteiger partial charge in [-0.05, 0) is 55.5 Å². The second-order valence-corrected chi connectivity index (χ2v) is 7.22. The lowest BCUT2D eigenvalue weighted by molar-refractivity contribution is -0.122. The van der Waals surface area contributed by atoms with Crippen molar-refractivity contribution in [1.29, 1.82) is 0 Å². The third kappa shape index (κ3) is 5.11. The second-order valence-electron chi connectivity index (χ2n) is 6.36. The maximum absolute atomic E-state index is 12.3. The summed E-state index contributed by atoms with van der Waals surface area (Å²) in [6.07, 6.45) is 2.98. The molecule has 0 aliphatic carbocycles. The van der Waals surface area contributed by atoms with Gasteiger partial charge < -0.3 is 20.1 Å². The van der Waals surface area contributed by atoms with Gasteiger partial charge >= 0.3 is 0 Å². The number of halogens is 1. The third-order valence-electron chi connectivity index (χ3n) is 4.68. The van der Waals surface area contributed by atoms with E-state index in [9.17, 15) is 4.79 Å². The van der Waals surface area contributed by atoms with E-state index in [4.69, 9.17) is 9.47 Å². The molecule has 6 heteroatoms. The first-order valence-corrected chi connectivity index (χ1v) is 9.22. The highest BCUT2D eigenvalue weighted by molar-refractivity contribution is 9.10. The lowest BCUT2D eigenvalue weighted by Gasteiger charge is -2.28. The molecule has 134 valence electrons. The molecule has 2 rings (SSSR count). The van der Waals surface area contributed by atoms with Crippen LogP contribution in [0.15, 0.2) is 16.6 Å². The highest BCUT2D eigenvalue weighted by Crippen LogP contribution is 2.33. The van der Waals surface area contributed by atoms with Crippen molar-refractivity contribution in [2.24, 2.45) is 11.8 Å². The lowest BCUT2D eigenvalue weighted by Crippen LogP contribution is -2.35. The van der Waals surface area contributed by atoms with E-state index < -0.39 is 0 Å². The predicted octanol–water partition coefficient (Wildman–Crippen LogP) is 3.11. The second kappa shape index (κ2) is 9.28. The molecule has 0 aromatic heterocycles. The van der Waals surface area contributed by atoms with Crippen LogP contribution in [0.3, 0.4) is 0 Å². The van der Waals surface area contributed by atoms with Crippen LogP contribution in [0.4, 0.5) is 0 Å². The number of ether oxygens (including phenoxy) is 2. The first kappa shape index (κ1) is 19.1. The minimum absolute atomic E-state index is 0.0924. The zero-order chi connectivity index (χ0) is 17.5. The summed E-state index contributed by atoms with van der Waals surface area (Å²) in [7, 11) is 3.21. The Bertz CT molecular complexity index is 559. The average molecular weight is 399 g/mol. The van der Waals surface area contributed by atoms with Gasteiger partial charge in [0.15, 0.2) is 11.5 Å². The van der Waals surface area contributed by atoms with Crippen molar-refractivity contribution < 1.29 is 14.3 Å². The van der Waals surface area contributed by atoms with E-state index in [0.29, 0.717) is 36.3 Å². The van der Waals surface area contributed by atoms with Gasteiger partial charge in [-0.15, -0.1) is 0 Å². The molecule has 0 radical (unpaired) electrons. The Morgan fingerprint density at radius 2 is 2.08 bits per heavy atom. The number of nitrogens with one attached hydrogen (secondary N) is 2. The highest BCUT2D eigenvalue weighted by atomic mass is 79.9. The highest BCUT2D eigenvalue weighted by Gasteiger charge is 2.22. The molecule has 0 saturated carbocycles. The van der Waals surface area contributed by atoms with Crippen LogP contribution in [-0.4, -0.2) is 33.2 Å². The molecule has 1 fully saturated rings. The Hall–Kier alpha value is -1.27. The number of rotatable bonds is 7. The molecule has 2 atom stereocenters. The Morgan fingerprint density at radius 3 is 2.71 bits per heavy atom. The van der Waals surface area contributed by atoms with Gasteiger partial charge in [-0.1, -0.05) is 22.9 Å². The molecule has 0 spiro atoms. The monoisotopic (exact) mass is 398 g/mol. The van der Waals surface area contributed by atoms with Crippen LogP contribution in [0.5, 0.6) is 11.5 Å². The van der Waals surface area contributed by atoms with Gasteiger partial charge in [-0.2, -0.15) is 0 Å². The number of hydrogen-bond donors (Lipinski definition) is 2. The molecule has 1 aromatic rings. The van der Waals surface area contributed by atoms with Crippen LogP contribution >= 0.6 is 15.9 Å². The topological polar surface area (TPSA) is 59.6 Å². The summed E-state index contributed by atoms with van der Waals surface area (Å²) < 4.78 is 11.5. The largest absolute Gasteiger partial charge is 0.493 e. The van der Waals surface area contributed by atoms with Gasteiger partial charge in [0, 0.05) is 17.4 Å². The summed E-state index contributed by atoms with van der Waals surface area (Å²) in [5.74, 6) is 2.41. The van der Waals surface area contributed by atoms with Crippen molar-refractivity contribution in [3.05, 3.63) is 22.2 Å². The van der Waals surface area contributed by atoms with E-state index in [-0.39, 0.29) is 5.91 Å². The van der Waals surface area contributed by atoms with Crippen molar-refractivity contribution in [3.63, 3.8) is 0 Å². The van der Waals surface area contributed by atoms with E-state index in [1.165, 1.54) is 12.8 Å². The zero-order valence-corrected chi connectivity index (χ0v) is 16.2. The van der Waals surface area contributed by atoms with Crippen LogP contribution in [0, 0.1) is 11.8 Å². The van der Waals surface area contributed by atoms with E-state index in [2.05, 4.69) is 33.5 Å². The molecule has 1 aliphatic rings. The number of hydrogen-bond acceptors (Lipinski definition) is 4. The number of carbonyl (C=O) groups excluding carboxylic acids is 1. The maximum atomic E-state index is 12.3. The van der Waals surface area contributed by atoms with Crippen molar-refractivity contribution in [3.8, 4) is 11.5 Å². The van der Waals surface area contributed by atoms with E-state index >= 15 is 0 Å². The number of carbonyl (C=O) groups is 1. The van der Waals surface area contributed by atoms with Gasteiger partial charge in [0.25, 0.3) is 0 Å². The summed E-state index contributed by atoms with van der Waals surface area (Å²) in [5, 5.41) is 6.43. The van der Waals surface area contributed by atoms with Gasteiger partial charge in [0.2, 0.25) is 5.91 Å². The van der Waals surface area contributed by atoms with Crippen molar-refractivity contribution in [2.45, 2.75) is 32.7 Å². The average Bonchev–Trinajstić information content (AvgIpc) is 2.61. The van der Waals surface area contributed by atoms with Gasteiger partial charge in [-0.3, -0.25) is 4.79 Å². The maximum Gasteiger partial charge on any atom is 0.220 e. The SMILES string of the molecule is COc1cc(Br)c(CNC(=O)CC(C)C2CCCNC2)cc1OC. The van der Waals surface area contributed by atoms with Crippen molar-refractivity contribution in [1.82, 2.24) is 10.6 Å². The fourth-order valence-corrected chi connectivity index (χ4v) is 3.58. The molecule has 2 N–H and O–H groups in total. The zero-order valence-electron chi connectivity index (χ0n) is 14.7. The smallest absolute Gasteiger partial charge is 0.220 e. The first-order chi connectivity index (χ1) is 11.5. The minimum Gasteiger partial charge on any atom is -0.493 e. The van der Waals surface area contributed by atoms with Crippen LogP contribution in [0.1, 0.15) is 31.7 Å². The Kier molecular flexibility index (Phi) is 7.37. The van der Waals surface area contributed by atoms with Gasteiger partial charge in [-0.25, -0.2) is 0 Å². The lowest BCUT2D eigenvalue weighted by atomic mass is 9.85. The molecular formula is C18H27BrN2O3. The minimum atomic E-state index is 0.0924. The van der Waals surface area contributed by atoms with Gasteiger partial charge in [0.05, 0.1) is 14.2 Å². The van der Waals surface area contributed by atoms with Crippen molar-refractivity contribution >= 4 is 21.8 Å². The molecular weight excluding hydrogens is 372 g/mol. The predicted molar refractivity (Wildman–Crippen MR) is 98.5 cm³/mol. The summed E-state index contributed by atoms with van der Waals surface area (Å²) in [5.41, 5.74) is 0.966. The van der Waals surface area contributed by atoms with Crippen molar-refractivity contribution in [2.75, 3.05) is 27.3 Å². The summed E-state index contributed by atoms with van der Waals surface area (Å²) in [6, 6.07) is 3.74. The molecule has 1 amide bonds. The van der Waals surface area contributed by atoms with Crippen LogP contribution < -0.4 is 20.1 Å². The third-order valence-corrected chi connectivity index (χ3v) is 5.41. The summed E-state index contributed by atoms with van der Waals surface area (Å²) >= 11 is 3.52. The molecule has 2 unspecified atom stereocenters. The molecule has 24 heavy (non-hydrogen) atoms. The molecule has 1 heterocycles. The molecule has 1 aliphatic heterocycles. The fourth-order valence-electron chi connectivity index (χ4n) is 3.12. The standard InChI is InChI=1S/C18H27BrN2O3/c1-12(13-5-4-6-20-10-13)7-18(22)21-11-14-8-16(23-2)17(24-3)9-15(14)19/h8-9,12-13,20H,4-7,10-11H2,1-3H3,(H,21,22). The Morgan fingerprint density at radius 1 is 1.38 bits per heavy atom. The van der Waals surface area contributed by atoms with Crippen LogP contribution in [0.25, 0.3) is 0 Å². The number of piperidine rings is 1. The molecule has 0 bridgehead atoms. The molecule has 5 nitrogen and oxygen atoms in total. The normalized spacial score (nSPS) is 18.8. The molecule has 1 aromatic carbocycles. The Labute approximate surface area is 152 Å². The van der Waals surface area contributed by atoms with E-state index in [0.717, 1.165) is 23.1 Å². The van der Waals surface area contributed by atoms with E-state index in [1.807, 2.05) is 12.1 Å². The summed E-state index contributed by atoms with van der Waals surface area (Å²) in [4.78, 5) is 12.3. The van der Waals surface area contributed by atoms with Crippen LogP contribution in [-0.2, 0) is 11.3 Å². The fraction of sp³-hybridized carbons (Fsp3) is 0.611. The number of methoxy groups -OCH3 is 2. The van der Waals surface area contributed by atoms with Gasteiger partial charge in [0.1, 0.15) is 0 Å². The quantitative estimate of drug-likeness (QED) is 0.740. The van der Waals surface area contributed by atoms with Crippen LogP contribution in [0.2, 0.25) is 0 Å². The summed E-state index contributed by atoms with van der Waals surface area (Å²) in [6.45, 7) is 4.76. The Balaban J connectivity index is 1.89. The number of benzene rings is 1. The number of amides is 1. The van der Waals surface area contributed by atoms with E-state index in [1.54, 1.807) is 14.2 Å².